The van der Waals surface area contributed by atoms with Crippen LogP contribution in [0.1, 0.15) is 66.9 Å². The number of carbonyl (C=O) groups is 6. The molecule has 4 amide bonds. The third-order valence-electron chi connectivity index (χ3n) is 5.68. The number of nitrogens with zero attached hydrogens (tertiary/aromatic N) is 1. The van der Waals surface area contributed by atoms with E-state index in [1.54, 1.807) is 72.7 Å². The lowest BCUT2D eigenvalue weighted by atomic mass is 10.00. The van der Waals surface area contributed by atoms with Gasteiger partial charge in [-0.05, 0) is 70.7 Å². The molecule has 1 rings (SSSR count). The molecule has 0 aliphatic carbocycles. The van der Waals surface area contributed by atoms with Crippen LogP contribution in [-0.2, 0) is 38.2 Å². The van der Waals surface area contributed by atoms with Gasteiger partial charge in [0.05, 0.1) is 19.8 Å². The molecule has 43 heavy (non-hydrogen) atoms. The van der Waals surface area contributed by atoms with Crippen LogP contribution in [0.4, 0.5) is 10.5 Å². The van der Waals surface area contributed by atoms with Gasteiger partial charge in [0.1, 0.15) is 17.7 Å². The SMILES string of the molecule is CCOC(=O)CC[C@H](C(=O)OCC)N(C(=O)/C=C/c1ccc(NC(=O)OC(C)(C)C)cc1)C(=O)[C@H](NC(=O)CN)C(C)C. The molecular weight excluding hydrogens is 560 g/mol. The number of rotatable bonds is 14. The van der Waals surface area contributed by atoms with Crippen molar-refractivity contribution < 1.29 is 43.0 Å². The maximum Gasteiger partial charge on any atom is 0.412 e. The smallest absolute Gasteiger partial charge is 0.412 e. The van der Waals surface area contributed by atoms with E-state index in [1.807, 2.05) is 0 Å². The first-order valence-corrected chi connectivity index (χ1v) is 14.1. The van der Waals surface area contributed by atoms with Gasteiger partial charge >= 0.3 is 18.0 Å². The second-order valence-corrected chi connectivity index (χ2v) is 10.7. The Bertz CT molecular complexity index is 1160. The van der Waals surface area contributed by atoms with Crippen molar-refractivity contribution in [3.8, 4) is 0 Å². The average Bonchev–Trinajstić information content (AvgIpc) is 2.91. The lowest BCUT2D eigenvalue weighted by Gasteiger charge is -2.32. The molecule has 0 aromatic heterocycles. The normalized spacial score (nSPS) is 12.7. The first kappa shape index (κ1) is 36.8. The van der Waals surface area contributed by atoms with Gasteiger partial charge in [-0.15, -0.1) is 0 Å². The highest BCUT2D eigenvalue weighted by molar-refractivity contribution is 6.08. The van der Waals surface area contributed by atoms with E-state index in [2.05, 4.69) is 10.6 Å². The van der Waals surface area contributed by atoms with Gasteiger partial charge in [0.2, 0.25) is 5.91 Å². The van der Waals surface area contributed by atoms with Crippen molar-refractivity contribution in [1.82, 2.24) is 10.2 Å². The van der Waals surface area contributed by atoms with E-state index < -0.39 is 65.9 Å². The Morgan fingerprint density at radius 2 is 1.58 bits per heavy atom. The second kappa shape index (κ2) is 17.6. The largest absolute Gasteiger partial charge is 0.466 e. The van der Waals surface area contributed by atoms with E-state index >= 15 is 0 Å². The molecule has 1 aromatic rings. The van der Waals surface area contributed by atoms with Gasteiger partial charge in [-0.3, -0.25) is 29.4 Å². The van der Waals surface area contributed by atoms with E-state index in [4.69, 9.17) is 19.9 Å². The van der Waals surface area contributed by atoms with Crippen molar-refractivity contribution >= 4 is 47.5 Å². The highest BCUT2D eigenvalue weighted by Gasteiger charge is 2.40. The van der Waals surface area contributed by atoms with E-state index in [-0.39, 0.29) is 26.1 Å². The van der Waals surface area contributed by atoms with Crippen molar-refractivity contribution in [2.24, 2.45) is 11.7 Å². The summed E-state index contributed by atoms with van der Waals surface area (Å²) in [4.78, 5) is 77.3. The van der Waals surface area contributed by atoms with Crippen LogP contribution in [0.25, 0.3) is 6.08 Å². The van der Waals surface area contributed by atoms with Crippen molar-refractivity contribution in [1.29, 1.82) is 0 Å². The van der Waals surface area contributed by atoms with Crippen LogP contribution in [0.15, 0.2) is 30.3 Å². The molecule has 4 N–H and O–H groups in total. The zero-order valence-electron chi connectivity index (χ0n) is 25.9. The van der Waals surface area contributed by atoms with E-state index in [9.17, 15) is 28.8 Å². The number of nitrogens with two attached hydrogens (primary N) is 1. The molecular formula is C30H44N4O9. The van der Waals surface area contributed by atoms with Crippen LogP contribution < -0.4 is 16.4 Å². The predicted molar refractivity (Wildman–Crippen MR) is 159 cm³/mol. The summed E-state index contributed by atoms with van der Waals surface area (Å²) >= 11 is 0. The summed E-state index contributed by atoms with van der Waals surface area (Å²) in [6.07, 6.45) is 1.34. The van der Waals surface area contributed by atoms with Gasteiger partial charge in [0.25, 0.3) is 11.8 Å². The topological polar surface area (TPSA) is 183 Å². The molecule has 0 aliphatic rings. The standard InChI is InChI=1S/C30H44N4O9/c1-8-41-25(37)17-15-22(28(39)42-9-2)34(27(38)26(19(3)4)33-23(35)18-31)24(36)16-12-20-10-13-21(14-11-20)32-29(40)43-30(5,6)7/h10-14,16,19,22,26H,8-9,15,17-18,31H2,1-7H3,(H,32,40)(H,33,35)/b16-12+/t22-,26-/m1/s1. The Hall–Kier alpha value is -4.26. The fraction of sp³-hybridized carbons (Fsp3) is 0.533. The Balaban J connectivity index is 3.39. The highest BCUT2D eigenvalue weighted by atomic mass is 16.6. The van der Waals surface area contributed by atoms with Crippen molar-refractivity contribution in [2.45, 2.75) is 79.0 Å². The average molecular weight is 605 g/mol. The van der Waals surface area contributed by atoms with Crippen LogP contribution in [0.5, 0.6) is 0 Å². The molecule has 238 valence electrons. The number of carbonyl (C=O) groups excluding carboxylic acids is 6. The minimum absolute atomic E-state index is 0.0397. The molecule has 0 unspecified atom stereocenters. The second-order valence-electron chi connectivity index (χ2n) is 10.7. The molecule has 0 saturated carbocycles. The molecule has 2 atom stereocenters. The van der Waals surface area contributed by atoms with Gasteiger partial charge in [-0.25, -0.2) is 9.59 Å². The quantitative estimate of drug-likeness (QED) is 0.162. The Kier molecular flexibility index (Phi) is 15.1. The monoisotopic (exact) mass is 604 g/mol. The summed E-state index contributed by atoms with van der Waals surface area (Å²) in [5, 5.41) is 5.10. The number of benzene rings is 1. The number of hydrogen-bond donors (Lipinski definition) is 3. The summed E-state index contributed by atoms with van der Waals surface area (Å²) in [7, 11) is 0. The number of anilines is 1. The van der Waals surface area contributed by atoms with Crippen molar-refractivity contribution in [2.75, 3.05) is 25.1 Å². The molecule has 0 heterocycles. The Morgan fingerprint density at radius 3 is 2.09 bits per heavy atom. The Labute approximate surface area is 252 Å². The van der Waals surface area contributed by atoms with Gasteiger partial charge in [-0.1, -0.05) is 26.0 Å². The van der Waals surface area contributed by atoms with E-state index in [0.29, 0.717) is 16.2 Å². The first-order chi connectivity index (χ1) is 20.1. The zero-order chi connectivity index (χ0) is 32.7. The summed E-state index contributed by atoms with van der Waals surface area (Å²) in [6, 6.07) is 3.73. The summed E-state index contributed by atoms with van der Waals surface area (Å²) < 4.78 is 15.3. The van der Waals surface area contributed by atoms with Crippen LogP contribution in [0.3, 0.4) is 0 Å². The molecule has 13 heteroatoms. The number of hydrogen-bond acceptors (Lipinski definition) is 10. The third-order valence-corrected chi connectivity index (χ3v) is 5.68. The fourth-order valence-corrected chi connectivity index (χ4v) is 3.74. The minimum Gasteiger partial charge on any atom is -0.466 e. The molecule has 0 radical (unpaired) electrons. The zero-order valence-corrected chi connectivity index (χ0v) is 25.9. The van der Waals surface area contributed by atoms with Gasteiger partial charge in [-0.2, -0.15) is 0 Å². The van der Waals surface area contributed by atoms with E-state index in [0.717, 1.165) is 6.08 Å². The number of ether oxygens (including phenoxy) is 3. The Morgan fingerprint density at radius 1 is 0.977 bits per heavy atom. The van der Waals surface area contributed by atoms with Crippen LogP contribution in [0.2, 0.25) is 0 Å². The van der Waals surface area contributed by atoms with Crippen LogP contribution in [-0.4, -0.2) is 78.1 Å². The van der Waals surface area contributed by atoms with Gasteiger partial charge < -0.3 is 25.3 Å². The maximum absolute atomic E-state index is 13.8. The molecule has 0 bridgehead atoms. The molecule has 0 spiro atoms. The fourth-order valence-electron chi connectivity index (χ4n) is 3.74. The molecule has 1 aromatic carbocycles. The van der Waals surface area contributed by atoms with Crippen molar-refractivity contribution in [3.05, 3.63) is 35.9 Å². The van der Waals surface area contributed by atoms with Crippen LogP contribution in [0, 0.1) is 5.92 Å². The lowest BCUT2D eigenvalue weighted by Crippen LogP contribution is -2.58. The van der Waals surface area contributed by atoms with Crippen LogP contribution >= 0.6 is 0 Å². The first-order valence-electron chi connectivity index (χ1n) is 14.1. The van der Waals surface area contributed by atoms with Gasteiger partial charge in [0, 0.05) is 18.2 Å². The number of esters is 2. The van der Waals surface area contributed by atoms with E-state index in [1.165, 1.54) is 6.08 Å². The maximum atomic E-state index is 13.8. The highest BCUT2D eigenvalue weighted by Crippen LogP contribution is 2.18. The number of nitrogens with one attached hydrogen (secondary N) is 2. The summed E-state index contributed by atoms with van der Waals surface area (Å²) in [5.41, 5.74) is 5.73. The predicted octanol–water partition coefficient (Wildman–Crippen LogP) is 2.78. The minimum atomic E-state index is -1.48. The molecule has 0 fully saturated rings. The van der Waals surface area contributed by atoms with Crippen molar-refractivity contribution in [3.63, 3.8) is 0 Å². The number of imide groups is 1. The summed E-state index contributed by atoms with van der Waals surface area (Å²) in [5.74, 6) is -4.38. The number of amides is 4. The molecule has 13 nitrogen and oxygen atoms in total. The van der Waals surface area contributed by atoms with Gasteiger partial charge in [0.15, 0.2) is 0 Å². The summed E-state index contributed by atoms with van der Waals surface area (Å²) in [6.45, 7) is 11.4. The third kappa shape index (κ3) is 13.1. The molecule has 0 aliphatic heterocycles. The molecule has 0 saturated heterocycles. The lowest BCUT2D eigenvalue weighted by molar-refractivity contribution is -0.162.